The summed E-state index contributed by atoms with van der Waals surface area (Å²) in [6, 6.07) is 20.1. The van der Waals surface area contributed by atoms with Crippen LogP contribution in [0.5, 0.6) is 0 Å². The van der Waals surface area contributed by atoms with Gasteiger partial charge in [-0.25, -0.2) is 0 Å². The van der Waals surface area contributed by atoms with Crippen molar-refractivity contribution in [3.63, 3.8) is 0 Å². The molecule has 114 valence electrons. The lowest BCUT2D eigenvalue weighted by Crippen LogP contribution is -2.22. The summed E-state index contributed by atoms with van der Waals surface area (Å²) < 4.78 is 5.38. The third kappa shape index (κ3) is 3.55. The topological polar surface area (TPSA) is 59.3 Å². The zero-order valence-corrected chi connectivity index (χ0v) is 12.4. The van der Waals surface area contributed by atoms with Crippen LogP contribution in [0.25, 0.3) is 11.3 Å². The van der Waals surface area contributed by atoms with Crippen LogP contribution in [0.4, 0.5) is 0 Å². The van der Waals surface area contributed by atoms with E-state index in [1.807, 2.05) is 36.4 Å². The van der Waals surface area contributed by atoms with Gasteiger partial charge in [0.05, 0.1) is 0 Å². The molecule has 0 unspecified atom stereocenters. The Morgan fingerprint density at radius 2 is 1.83 bits per heavy atom. The maximum atomic E-state index is 12.3. The highest BCUT2D eigenvalue weighted by Crippen LogP contribution is 2.22. The van der Waals surface area contributed by atoms with Gasteiger partial charge >= 0.3 is 0 Å². The van der Waals surface area contributed by atoms with Gasteiger partial charge in [0, 0.05) is 17.7 Å². The maximum absolute atomic E-state index is 12.3. The van der Waals surface area contributed by atoms with E-state index in [9.17, 15) is 9.59 Å². The lowest BCUT2D eigenvalue weighted by molar-refractivity contribution is 0.0950. The Kier molecular flexibility index (Phi) is 4.34. The van der Waals surface area contributed by atoms with Crippen LogP contribution < -0.4 is 5.32 Å². The van der Waals surface area contributed by atoms with E-state index in [2.05, 4.69) is 5.32 Å². The van der Waals surface area contributed by atoms with Crippen molar-refractivity contribution in [3.8, 4) is 11.3 Å². The first-order valence-electron chi connectivity index (χ1n) is 7.24. The molecule has 4 heteroatoms. The largest absolute Gasteiger partial charge is 0.453 e. The van der Waals surface area contributed by atoms with Crippen molar-refractivity contribution in [1.29, 1.82) is 0 Å². The molecule has 0 saturated carbocycles. The second-order valence-electron chi connectivity index (χ2n) is 5.07. The number of nitrogens with one attached hydrogen (secondary N) is 1. The molecule has 0 aliphatic carbocycles. The third-order valence-corrected chi connectivity index (χ3v) is 3.45. The van der Waals surface area contributed by atoms with Crippen molar-refractivity contribution in [2.75, 3.05) is 0 Å². The van der Waals surface area contributed by atoms with Crippen LogP contribution in [-0.4, -0.2) is 12.2 Å². The lowest BCUT2D eigenvalue weighted by Gasteiger charge is -2.06. The minimum atomic E-state index is -0.155. The molecule has 0 radical (unpaired) electrons. The molecule has 3 aromatic rings. The van der Waals surface area contributed by atoms with Crippen LogP contribution in [0.1, 0.15) is 26.5 Å². The number of rotatable bonds is 5. The van der Waals surface area contributed by atoms with Crippen LogP contribution in [0.15, 0.2) is 71.1 Å². The zero-order chi connectivity index (χ0) is 16.1. The number of hydrogen-bond acceptors (Lipinski definition) is 3. The zero-order valence-electron chi connectivity index (χ0n) is 12.4. The molecule has 0 spiro atoms. The highest BCUT2D eigenvalue weighted by atomic mass is 16.3. The SMILES string of the molecule is O=Cc1ccc(-c2cccc(C(=O)NCc3ccccc3)c2)o1. The van der Waals surface area contributed by atoms with Gasteiger partial charge in [-0.1, -0.05) is 42.5 Å². The van der Waals surface area contributed by atoms with Gasteiger partial charge in [0.1, 0.15) is 5.76 Å². The fourth-order valence-corrected chi connectivity index (χ4v) is 2.27. The molecule has 3 rings (SSSR count). The van der Waals surface area contributed by atoms with Gasteiger partial charge in [-0.2, -0.15) is 0 Å². The molecule has 1 aromatic heterocycles. The van der Waals surface area contributed by atoms with Gasteiger partial charge in [-0.05, 0) is 29.8 Å². The Labute approximate surface area is 133 Å². The summed E-state index contributed by atoms with van der Waals surface area (Å²) in [5, 5.41) is 2.88. The average Bonchev–Trinajstić information content (AvgIpc) is 3.10. The van der Waals surface area contributed by atoms with Crippen molar-refractivity contribution in [1.82, 2.24) is 5.32 Å². The Morgan fingerprint density at radius 1 is 1.00 bits per heavy atom. The minimum Gasteiger partial charge on any atom is -0.453 e. The maximum Gasteiger partial charge on any atom is 0.251 e. The quantitative estimate of drug-likeness (QED) is 0.731. The van der Waals surface area contributed by atoms with E-state index >= 15 is 0 Å². The number of carbonyl (C=O) groups excluding carboxylic acids is 2. The molecule has 0 bridgehead atoms. The van der Waals surface area contributed by atoms with Gasteiger partial charge in [0.15, 0.2) is 12.0 Å². The molecule has 23 heavy (non-hydrogen) atoms. The van der Waals surface area contributed by atoms with Gasteiger partial charge in [-0.15, -0.1) is 0 Å². The molecule has 1 N–H and O–H groups in total. The van der Waals surface area contributed by atoms with E-state index < -0.39 is 0 Å². The molecule has 4 nitrogen and oxygen atoms in total. The first-order valence-corrected chi connectivity index (χ1v) is 7.24. The van der Waals surface area contributed by atoms with Crippen LogP contribution in [0.2, 0.25) is 0 Å². The van der Waals surface area contributed by atoms with Crippen molar-refractivity contribution >= 4 is 12.2 Å². The number of benzene rings is 2. The monoisotopic (exact) mass is 305 g/mol. The van der Waals surface area contributed by atoms with Crippen LogP contribution in [-0.2, 0) is 6.54 Å². The van der Waals surface area contributed by atoms with Crippen molar-refractivity contribution < 1.29 is 14.0 Å². The summed E-state index contributed by atoms with van der Waals surface area (Å²) in [6.45, 7) is 0.472. The molecule has 1 heterocycles. The summed E-state index contributed by atoms with van der Waals surface area (Å²) >= 11 is 0. The van der Waals surface area contributed by atoms with E-state index in [0.29, 0.717) is 24.2 Å². The van der Waals surface area contributed by atoms with Crippen molar-refractivity contribution in [2.24, 2.45) is 0 Å². The molecule has 0 saturated heterocycles. The molecule has 0 aliphatic rings. The minimum absolute atomic E-state index is 0.155. The average molecular weight is 305 g/mol. The van der Waals surface area contributed by atoms with Crippen molar-refractivity contribution in [2.45, 2.75) is 6.54 Å². The van der Waals surface area contributed by atoms with Gasteiger partial charge in [0.2, 0.25) is 0 Å². The van der Waals surface area contributed by atoms with Gasteiger partial charge < -0.3 is 9.73 Å². The number of aldehydes is 1. The second-order valence-corrected chi connectivity index (χ2v) is 5.07. The van der Waals surface area contributed by atoms with E-state index in [4.69, 9.17) is 4.42 Å². The molecule has 0 fully saturated rings. The van der Waals surface area contributed by atoms with E-state index in [-0.39, 0.29) is 11.7 Å². The number of furan rings is 1. The predicted octanol–water partition coefficient (Wildman–Crippen LogP) is 3.69. The first-order chi connectivity index (χ1) is 11.3. The first kappa shape index (κ1) is 14.8. The highest BCUT2D eigenvalue weighted by Gasteiger charge is 2.09. The molecule has 2 aromatic carbocycles. The van der Waals surface area contributed by atoms with Gasteiger partial charge in [0.25, 0.3) is 5.91 Å². The van der Waals surface area contributed by atoms with E-state index in [1.165, 1.54) is 0 Å². The fraction of sp³-hybridized carbons (Fsp3) is 0.0526. The second kappa shape index (κ2) is 6.75. The molecule has 0 aliphatic heterocycles. The Morgan fingerprint density at radius 3 is 2.57 bits per heavy atom. The molecule has 0 atom stereocenters. The van der Waals surface area contributed by atoms with E-state index in [0.717, 1.165) is 11.1 Å². The van der Waals surface area contributed by atoms with Crippen molar-refractivity contribution in [3.05, 3.63) is 83.6 Å². The van der Waals surface area contributed by atoms with Gasteiger partial charge in [-0.3, -0.25) is 9.59 Å². The van der Waals surface area contributed by atoms with Crippen LogP contribution >= 0.6 is 0 Å². The summed E-state index contributed by atoms with van der Waals surface area (Å²) in [7, 11) is 0. The Bertz CT molecular complexity index is 821. The van der Waals surface area contributed by atoms with Crippen LogP contribution in [0, 0.1) is 0 Å². The van der Waals surface area contributed by atoms with E-state index in [1.54, 1.807) is 30.3 Å². The summed E-state index contributed by atoms with van der Waals surface area (Å²) in [6.07, 6.45) is 0.653. The van der Waals surface area contributed by atoms with Crippen LogP contribution in [0.3, 0.4) is 0 Å². The normalized spacial score (nSPS) is 10.3. The number of amides is 1. The molecule has 1 amide bonds. The number of carbonyl (C=O) groups is 2. The fourth-order valence-electron chi connectivity index (χ4n) is 2.27. The Hall–Kier alpha value is -3.14. The molecular formula is C19H15NO3. The summed E-state index contributed by atoms with van der Waals surface area (Å²) in [4.78, 5) is 23.0. The summed E-state index contributed by atoms with van der Waals surface area (Å²) in [5.74, 6) is 0.668. The Balaban J connectivity index is 1.73. The third-order valence-electron chi connectivity index (χ3n) is 3.45. The summed E-state index contributed by atoms with van der Waals surface area (Å²) in [5.41, 5.74) is 2.34. The smallest absolute Gasteiger partial charge is 0.251 e. The molecular weight excluding hydrogens is 290 g/mol. The standard InChI is InChI=1S/C19H15NO3/c21-13-17-9-10-18(23-17)15-7-4-8-16(11-15)19(22)20-12-14-5-2-1-3-6-14/h1-11,13H,12H2,(H,20,22). The highest BCUT2D eigenvalue weighted by molar-refractivity contribution is 5.95. The number of hydrogen-bond donors (Lipinski definition) is 1. The predicted molar refractivity (Wildman–Crippen MR) is 87.1 cm³/mol. The lowest BCUT2D eigenvalue weighted by atomic mass is 10.1.